The van der Waals surface area contributed by atoms with Gasteiger partial charge in [0.05, 0.1) is 17.2 Å². The van der Waals surface area contributed by atoms with Crippen LogP contribution in [-0.4, -0.2) is 35.3 Å². The summed E-state index contributed by atoms with van der Waals surface area (Å²) in [5, 5.41) is 12.1. The maximum atomic E-state index is 10.7. The van der Waals surface area contributed by atoms with Gasteiger partial charge in [-0.15, -0.1) is 0 Å². The predicted octanol–water partition coefficient (Wildman–Crippen LogP) is 2.27. The van der Waals surface area contributed by atoms with Crippen LogP contribution in [0.25, 0.3) is 0 Å². The Balaban J connectivity index is 2.69. The average molecular weight is 259 g/mol. The van der Waals surface area contributed by atoms with E-state index in [2.05, 4.69) is 10.3 Å². The van der Waals surface area contributed by atoms with Gasteiger partial charge in [0.2, 0.25) is 0 Å². The standard InChI is InChI=1S/C11H15ClN2O3/c1-3-17-6-7(2)14-10-9(12)4-8(5-13-10)11(15)16/h4-5,7H,3,6H2,1-2H3,(H,13,14)(H,15,16). The minimum Gasteiger partial charge on any atom is -0.478 e. The van der Waals surface area contributed by atoms with E-state index in [1.165, 1.54) is 12.3 Å². The first-order valence-electron chi connectivity index (χ1n) is 5.27. The molecule has 0 bridgehead atoms. The van der Waals surface area contributed by atoms with E-state index in [-0.39, 0.29) is 16.6 Å². The lowest BCUT2D eigenvalue weighted by Gasteiger charge is -2.15. The third-order valence-electron chi connectivity index (χ3n) is 2.04. The highest BCUT2D eigenvalue weighted by Crippen LogP contribution is 2.20. The van der Waals surface area contributed by atoms with Gasteiger partial charge in [-0.05, 0) is 19.9 Å². The third-order valence-corrected chi connectivity index (χ3v) is 2.33. The van der Waals surface area contributed by atoms with Crippen LogP contribution >= 0.6 is 11.6 Å². The molecule has 0 aliphatic carbocycles. The minimum absolute atomic E-state index is 0.0515. The molecule has 0 aliphatic rings. The van der Waals surface area contributed by atoms with E-state index < -0.39 is 5.97 Å². The highest BCUT2D eigenvalue weighted by atomic mass is 35.5. The van der Waals surface area contributed by atoms with Gasteiger partial charge in [0.1, 0.15) is 5.82 Å². The van der Waals surface area contributed by atoms with Crippen LogP contribution in [-0.2, 0) is 4.74 Å². The zero-order valence-electron chi connectivity index (χ0n) is 9.74. The van der Waals surface area contributed by atoms with Crippen LogP contribution in [0.4, 0.5) is 5.82 Å². The molecule has 5 nitrogen and oxygen atoms in total. The lowest BCUT2D eigenvalue weighted by atomic mass is 10.3. The number of ether oxygens (including phenoxy) is 1. The molecular weight excluding hydrogens is 244 g/mol. The number of rotatable bonds is 6. The molecule has 1 aromatic heterocycles. The Labute approximate surface area is 105 Å². The molecule has 17 heavy (non-hydrogen) atoms. The van der Waals surface area contributed by atoms with Crippen LogP contribution in [0, 0.1) is 0 Å². The van der Waals surface area contributed by atoms with Crippen molar-refractivity contribution in [1.29, 1.82) is 0 Å². The molecule has 0 saturated carbocycles. The molecule has 0 amide bonds. The molecule has 1 rings (SSSR count). The van der Waals surface area contributed by atoms with Crippen LogP contribution in [0.3, 0.4) is 0 Å². The normalized spacial score (nSPS) is 12.2. The number of aromatic nitrogens is 1. The fraction of sp³-hybridized carbons (Fsp3) is 0.455. The Bertz CT molecular complexity index is 398. The summed E-state index contributed by atoms with van der Waals surface area (Å²) in [6.07, 6.45) is 1.27. The van der Waals surface area contributed by atoms with Crippen LogP contribution in [0.2, 0.25) is 5.02 Å². The maximum Gasteiger partial charge on any atom is 0.337 e. The van der Waals surface area contributed by atoms with Crippen LogP contribution < -0.4 is 5.32 Å². The second-order valence-corrected chi connectivity index (χ2v) is 3.97. The van der Waals surface area contributed by atoms with Crippen molar-refractivity contribution in [3.8, 4) is 0 Å². The predicted molar refractivity (Wildman–Crippen MR) is 65.8 cm³/mol. The minimum atomic E-state index is -1.05. The van der Waals surface area contributed by atoms with Crippen LogP contribution in [0.15, 0.2) is 12.3 Å². The topological polar surface area (TPSA) is 71.5 Å². The van der Waals surface area contributed by atoms with Gasteiger partial charge >= 0.3 is 5.97 Å². The van der Waals surface area contributed by atoms with Gasteiger partial charge in [0, 0.05) is 18.8 Å². The van der Waals surface area contributed by atoms with E-state index in [9.17, 15) is 4.79 Å². The highest BCUT2D eigenvalue weighted by molar-refractivity contribution is 6.33. The van der Waals surface area contributed by atoms with Crippen molar-refractivity contribution in [3.05, 3.63) is 22.8 Å². The zero-order valence-corrected chi connectivity index (χ0v) is 10.5. The van der Waals surface area contributed by atoms with E-state index in [0.29, 0.717) is 19.0 Å². The maximum absolute atomic E-state index is 10.7. The molecular formula is C11H15ClN2O3. The average Bonchev–Trinajstić information content (AvgIpc) is 2.28. The fourth-order valence-electron chi connectivity index (χ4n) is 1.23. The molecule has 1 aromatic rings. The van der Waals surface area contributed by atoms with Crippen molar-refractivity contribution in [2.24, 2.45) is 0 Å². The Morgan fingerprint density at radius 2 is 2.41 bits per heavy atom. The van der Waals surface area contributed by atoms with Crippen molar-refractivity contribution < 1.29 is 14.6 Å². The zero-order chi connectivity index (χ0) is 12.8. The number of carboxylic acid groups (broad SMARTS) is 1. The Hall–Kier alpha value is -1.33. The molecule has 0 aromatic carbocycles. The molecule has 0 saturated heterocycles. The summed E-state index contributed by atoms with van der Waals surface area (Å²) < 4.78 is 5.24. The Kier molecular flexibility index (Phi) is 5.18. The van der Waals surface area contributed by atoms with E-state index in [4.69, 9.17) is 21.4 Å². The first-order chi connectivity index (χ1) is 8.04. The quantitative estimate of drug-likeness (QED) is 0.819. The summed E-state index contributed by atoms with van der Waals surface area (Å²) >= 11 is 5.92. The number of carbonyl (C=O) groups is 1. The van der Waals surface area contributed by atoms with Crippen molar-refractivity contribution in [1.82, 2.24) is 4.98 Å². The molecule has 1 unspecified atom stereocenters. The number of aromatic carboxylic acids is 1. The van der Waals surface area contributed by atoms with Gasteiger partial charge < -0.3 is 15.2 Å². The van der Waals surface area contributed by atoms with Gasteiger partial charge in [-0.1, -0.05) is 11.6 Å². The van der Waals surface area contributed by atoms with E-state index in [1.807, 2.05) is 13.8 Å². The number of halogens is 1. The molecule has 0 spiro atoms. The van der Waals surface area contributed by atoms with Crippen molar-refractivity contribution in [2.45, 2.75) is 19.9 Å². The van der Waals surface area contributed by atoms with Gasteiger partial charge in [0.15, 0.2) is 0 Å². The second kappa shape index (κ2) is 6.42. The smallest absolute Gasteiger partial charge is 0.337 e. The highest BCUT2D eigenvalue weighted by Gasteiger charge is 2.10. The third kappa shape index (κ3) is 4.20. The lowest BCUT2D eigenvalue weighted by Crippen LogP contribution is -2.22. The molecule has 94 valence electrons. The van der Waals surface area contributed by atoms with Gasteiger partial charge in [-0.25, -0.2) is 9.78 Å². The molecule has 1 atom stereocenters. The Morgan fingerprint density at radius 1 is 1.71 bits per heavy atom. The number of nitrogens with zero attached hydrogens (tertiary/aromatic N) is 1. The van der Waals surface area contributed by atoms with Crippen molar-refractivity contribution in [2.75, 3.05) is 18.5 Å². The number of anilines is 1. The van der Waals surface area contributed by atoms with Crippen LogP contribution in [0.5, 0.6) is 0 Å². The second-order valence-electron chi connectivity index (χ2n) is 3.56. The largest absolute Gasteiger partial charge is 0.478 e. The van der Waals surface area contributed by atoms with Crippen LogP contribution in [0.1, 0.15) is 24.2 Å². The SMILES string of the molecule is CCOCC(C)Nc1ncc(C(=O)O)cc1Cl. The van der Waals surface area contributed by atoms with Gasteiger partial charge in [0.25, 0.3) is 0 Å². The van der Waals surface area contributed by atoms with Gasteiger partial charge in [-0.2, -0.15) is 0 Å². The number of carboxylic acids is 1. The van der Waals surface area contributed by atoms with Gasteiger partial charge in [-0.3, -0.25) is 0 Å². The molecule has 6 heteroatoms. The number of pyridine rings is 1. The molecule has 0 fully saturated rings. The summed E-state index contributed by atoms with van der Waals surface area (Å²) in [5.74, 6) is -0.586. The molecule has 0 aliphatic heterocycles. The van der Waals surface area contributed by atoms with Crippen molar-refractivity contribution in [3.63, 3.8) is 0 Å². The summed E-state index contributed by atoms with van der Waals surface area (Å²) in [7, 11) is 0. The van der Waals surface area contributed by atoms with E-state index in [0.717, 1.165) is 0 Å². The van der Waals surface area contributed by atoms with Crippen molar-refractivity contribution >= 4 is 23.4 Å². The molecule has 0 radical (unpaired) electrons. The summed E-state index contributed by atoms with van der Waals surface area (Å²) in [4.78, 5) is 14.7. The summed E-state index contributed by atoms with van der Waals surface area (Å²) in [6.45, 7) is 5.03. The number of hydrogen-bond acceptors (Lipinski definition) is 4. The fourth-order valence-corrected chi connectivity index (χ4v) is 1.45. The lowest BCUT2D eigenvalue weighted by molar-refractivity contribution is 0.0696. The van der Waals surface area contributed by atoms with E-state index in [1.54, 1.807) is 0 Å². The summed E-state index contributed by atoms with van der Waals surface area (Å²) in [6, 6.07) is 1.42. The Morgan fingerprint density at radius 3 is 2.94 bits per heavy atom. The van der Waals surface area contributed by atoms with E-state index >= 15 is 0 Å². The number of hydrogen-bond donors (Lipinski definition) is 2. The number of nitrogens with one attached hydrogen (secondary N) is 1. The first kappa shape index (κ1) is 13.7. The summed E-state index contributed by atoms with van der Waals surface area (Å²) in [5.41, 5.74) is 0.0676. The first-order valence-corrected chi connectivity index (χ1v) is 5.65. The molecule has 2 N–H and O–H groups in total. The monoisotopic (exact) mass is 258 g/mol. The molecule has 1 heterocycles.